The molecule has 12 heteroatoms. The van der Waals surface area contributed by atoms with Gasteiger partial charge in [0.15, 0.2) is 17.7 Å². The van der Waals surface area contributed by atoms with Crippen LogP contribution in [-0.2, 0) is 14.3 Å². The first-order valence-electron chi connectivity index (χ1n) is 15.2. The molecule has 0 aromatic carbocycles. The first kappa shape index (κ1) is 32.7. The van der Waals surface area contributed by atoms with Gasteiger partial charge in [-0.05, 0) is 19.3 Å². The molecule has 0 spiro atoms. The molecule has 2 aromatic heterocycles. The number of amides is 2. The summed E-state index contributed by atoms with van der Waals surface area (Å²) in [5.74, 6) is 0.539. The fraction of sp³-hybridized carbons (Fsp3) is 0.759. The average molecular weight is 576 g/mol. The third-order valence-electron chi connectivity index (χ3n) is 7.61. The van der Waals surface area contributed by atoms with Crippen molar-refractivity contribution in [3.05, 3.63) is 12.7 Å². The van der Waals surface area contributed by atoms with Crippen molar-refractivity contribution < 1.29 is 24.5 Å². The van der Waals surface area contributed by atoms with Gasteiger partial charge in [0.05, 0.1) is 25.0 Å². The van der Waals surface area contributed by atoms with Crippen LogP contribution in [0, 0.1) is 5.92 Å². The zero-order chi connectivity index (χ0) is 29.6. The number of aromatic amines is 1. The molecule has 0 aliphatic carbocycles. The van der Waals surface area contributed by atoms with E-state index in [-0.39, 0.29) is 12.5 Å². The predicted molar refractivity (Wildman–Crippen MR) is 157 cm³/mol. The van der Waals surface area contributed by atoms with Crippen molar-refractivity contribution in [2.75, 3.05) is 11.9 Å². The van der Waals surface area contributed by atoms with Gasteiger partial charge in [-0.15, -0.1) is 0 Å². The molecule has 0 saturated carbocycles. The van der Waals surface area contributed by atoms with Crippen LogP contribution < -0.4 is 16.0 Å². The highest BCUT2D eigenvalue weighted by molar-refractivity contribution is 5.85. The lowest BCUT2D eigenvalue weighted by Gasteiger charge is -2.42. The summed E-state index contributed by atoms with van der Waals surface area (Å²) in [6, 6.07) is -0.856. The van der Waals surface area contributed by atoms with Gasteiger partial charge < -0.3 is 35.9 Å². The minimum atomic E-state index is -1.35. The fourth-order valence-electron chi connectivity index (χ4n) is 5.15. The normalized spacial score (nSPS) is 22.6. The van der Waals surface area contributed by atoms with E-state index in [1.165, 1.54) is 64.0 Å². The zero-order valence-corrected chi connectivity index (χ0v) is 24.8. The van der Waals surface area contributed by atoms with Crippen molar-refractivity contribution in [2.24, 2.45) is 5.92 Å². The maximum atomic E-state index is 12.5. The summed E-state index contributed by atoms with van der Waals surface area (Å²) in [5.41, 5.74) is 0.983. The number of hydrogen-bond donors (Lipinski definition) is 6. The number of unbranched alkanes of at least 4 members (excludes halogenated alkanes) is 9. The van der Waals surface area contributed by atoms with Gasteiger partial charge in [-0.3, -0.25) is 9.59 Å². The highest BCUT2D eigenvalue weighted by Gasteiger charge is 2.43. The molecule has 3 heterocycles. The molecule has 1 aliphatic rings. The number of aliphatic hydroxyl groups is 2. The molecule has 0 radical (unpaired) electrons. The smallest absolute Gasteiger partial charge is 0.239 e. The summed E-state index contributed by atoms with van der Waals surface area (Å²) in [6.45, 7) is 6.04. The number of imidazole rings is 1. The summed E-state index contributed by atoms with van der Waals surface area (Å²) < 4.78 is 5.85. The second-order valence-electron chi connectivity index (χ2n) is 11.5. The number of H-pyrrole nitrogens is 1. The number of anilines is 1. The molecule has 230 valence electrons. The molecule has 0 unspecified atom stereocenters. The molecular formula is C29H49N7O5. The number of aliphatic hydroxyl groups excluding tert-OH is 2. The monoisotopic (exact) mass is 575 g/mol. The molecule has 1 saturated heterocycles. The van der Waals surface area contributed by atoms with Crippen LogP contribution in [0.25, 0.3) is 11.2 Å². The van der Waals surface area contributed by atoms with E-state index in [0.717, 1.165) is 25.2 Å². The second-order valence-corrected chi connectivity index (χ2v) is 11.5. The molecule has 5 atom stereocenters. The summed E-state index contributed by atoms with van der Waals surface area (Å²) in [5, 5.41) is 29.7. The Balaban J connectivity index is 1.26. The first-order valence-corrected chi connectivity index (χ1v) is 15.2. The van der Waals surface area contributed by atoms with Crippen LogP contribution in [0.1, 0.15) is 97.8 Å². The molecular weight excluding hydrogens is 526 g/mol. The molecule has 3 rings (SSSR count). The molecule has 6 N–H and O–H groups in total. The Kier molecular flexibility index (Phi) is 13.7. The highest BCUT2D eigenvalue weighted by atomic mass is 16.5. The molecule has 12 nitrogen and oxygen atoms in total. The van der Waals surface area contributed by atoms with Crippen LogP contribution in [-0.4, -0.2) is 79.1 Å². The summed E-state index contributed by atoms with van der Waals surface area (Å²) in [6.07, 6.45) is 12.3. The Morgan fingerprint density at radius 3 is 2.27 bits per heavy atom. The molecule has 2 aromatic rings. The SMILES string of the molecule is CC(C)CCCCCCCCCCCCC(=O)NCC(=O)N[C@@H]1[C@@H](O)[C@H](O)[C@@H](Nc2ncnc3nc[nH]c23)O[C@H]1C. The van der Waals surface area contributed by atoms with Gasteiger partial charge in [-0.25, -0.2) is 15.0 Å². The largest absolute Gasteiger partial charge is 0.388 e. The van der Waals surface area contributed by atoms with Crippen LogP contribution >= 0.6 is 0 Å². The summed E-state index contributed by atoms with van der Waals surface area (Å²) in [7, 11) is 0. The Hall–Kier alpha value is -2.83. The number of carbonyl (C=O) groups excluding carboxylic acids is 2. The first-order chi connectivity index (χ1) is 19.8. The average Bonchev–Trinajstić information content (AvgIpc) is 3.43. The van der Waals surface area contributed by atoms with E-state index < -0.39 is 36.5 Å². The van der Waals surface area contributed by atoms with Crippen molar-refractivity contribution in [1.29, 1.82) is 0 Å². The highest BCUT2D eigenvalue weighted by Crippen LogP contribution is 2.24. The fourth-order valence-corrected chi connectivity index (χ4v) is 5.15. The van der Waals surface area contributed by atoms with E-state index in [2.05, 4.69) is 49.7 Å². The Morgan fingerprint density at radius 2 is 1.59 bits per heavy atom. The zero-order valence-electron chi connectivity index (χ0n) is 24.8. The van der Waals surface area contributed by atoms with E-state index in [1.807, 2.05) is 0 Å². The lowest BCUT2D eigenvalue weighted by atomic mass is 9.96. The van der Waals surface area contributed by atoms with Gasteiger partial charge in [0.2, 0.25) is 11.8 Å². The number of aromatic nitrogens is 4. The minimum Gasteiger partial charge on any atom is -0.388 e. The summed E-state index contributed by atoms with van der Waals surface area (Å²) in [4.78, 5) is 39.8. The van der Waals surface area contributed by atoms with Gasteiger partial charge in [0, 0.05) is 6.42 Å². The second kappa shape index (κ2) is 17.2. The predicted octanol–water partition coefficient (Wildman–Crippen LogP) is 3.17. The van der Waals surface area contributed by atoms with Crippen molar-refractivity contribution in [3.63, 3.8) is 0 Å². The van der Waals surface area contributed by atoms with Gasteiger partial charge in [-0.2, -0.15) is 0 Å². The van der Waals surface area contributed by atoms with Crippen molar-refractivity contribution in [2.45, 2.75) is 128 Å². The number of nitrogens with zero attached hydrogens (tertiary/aromatic N) is 3. The maximum absolute atomic E-state index is 12.5. The van der Waals surface area contributed by atoms with Crippen molar-refractivity contribution >= 4 is 28.8 Å². The third-order valence-corrected chi connectivity index (χ3v) is 7.61. The lowest BCUT2D eigenvalue weighted by molar-refractivity contribution is -0.172. The Labute approximate surface area is 242 Å². The van der Waals surface area contributed by atoms with E-state index in [9.17, 15) is 19.8 Å². The van der Waals surface area contributed by atoms with Gasteiger partial charge in [-0.1, -0.05) is 78.1 Å². The van der Waals surface area contributed by atoms with Crippen LogP contribution in [0.4, 0.5) is 5.82 Å². The number of ether oxygens (including phenoxy) is 1. The molecule has 0 bridgehead atoms. The van der Waals surface area contributed by atoms with Crippen LogP contribution in [0.2, 0.25) is 0 Å². The Morgan fingerprint density at radius 1 is 0.927 bits per heavy atom. The van der Waals surface area contributed by atoms with E-state index in [1.54, 1.807) is 6.92 Å². The summed E-state index contributed by atoms with van der Waals surface area (Å²) >= 11 is 0. The lowest BCUT2D eigenvalue weighted by Crippen LogP contribution is -2.64. The van der Waals surface area contributed by atoms with Gasteiger partial charge >= 0.3 is 0 Å². The van der Waals surface area contributed by atoms with E-state index in [0.29, 0.717) is 23.4 Å². The number of hydrogen-bond acceptors (Lipinski definition) is 9. The van der Waals surface area contributed by atoms with E-state index in [4.69, 9.17) is 4.74 Å². The van der Waals surface area contributed by atoms with E-state index >= 15 is 0 Å². The van der Waals surface area contributed by atoms with Crippen molar-refractivity contribution in [3.8, 4) is 0 Å². The molecule has 1 fully saturated rings. The standard InChI is InChI=1S/C29H49N7O5/c1-19(2)14-12-10-8-6-4-5-7-9-11-13-15-21(37)30-16-22(38)35-23-20(3)41-29(26(40)25(23)39)36-28-24-27(32-17-31-24)33-18-34-28/h17-20,23,25-26,29,39-40H,4-16H2,1-3H3,(H,30,37)(H,35,38)(H2,31,32,33,34,36)/t20-,23-,25+,26-,29-/m0/s1. The number of carbonyl (C=O) groups is 2. The third kappa shape index (κ3) is 10.8. The van der Waals surface area contributed by atoms with Crippen LogP contribution in [0.15, 0.2) is 12.7 Å². The van der Waals surface area contributed by atoms with Crippen LogP contribution in [0.3, 0.4) is 0 Å². The number of fused-ring (bicyclic) bond motifs is 1. The van der Waals surface area contributed by atoms with Gasteiger partial charge in [0.1, 0.15) is 24.1 Å². The Bertz CT molecular complexity index is 1070. The maximum Gasteiger partial charge on any atom is 0.239 e. The number of nitrogens with one attached hydrogen (secondary N) is 4. The quantitative estimate of drug-likeness (QED) is 0.146. The van der Waals surface area contributed by atoms with Gasteiger partial charge in [0.25, 0.3) is 0 Å². The van der Waals surface area contributed by atoms with Crippen LogP contribution in [0.5, 0.6) is 0 Å². The molecule has 41 heavy (non-hydrogen) atoms. The topological polar surface area (TPSA) is 174 Å². The molecule has 2 amide bonds. The van der Waals surface area contributed by atoms with Crippen molar-refractivity contribution in [1.82, 2.24) is 30.6 Å². The molecule has 1 aliphatic heterocycles. The minimum absolute atomic E-state index is 0.172. The number of rotatable bonds is 18.